The van der Waals surface area contributed by atoms with E-state index in [0.717, 1.165) is 6.42 Å². The van der Waals surface area contributed by atoms with Crippen molar-refractivity contribution in [1.29, 1.82) is 0 Å². The Balaban J connectivity index is 3.12. The van der Waals surface area contributed by atoms with Crippen molar-refractivity contribution in [3.63, 3.8) is 0 Å². The molecular weight excluding hydrogens is 318 g/mol. The van der Waals surface area contributed by atoms with Gasteiger partial charge in [0.25, 0.3) is 5.91 Å². The summed E-state index contributed by atoms with van der Waals surface area (Å²) in [7, 11) is -3.63. The van der Waals surface area contributed by atoms with Crippen molar-refractivity contribution in [2.75, 3.05) is 0 Å². The van der Waals surface area contributed by atoms with Crippen molar-refractivity contribution in [1.82, 2.24) is 5.32 Å². The summed E-state index contributed by atoms with van der Waals surface area (Å²) in [6.07, 6.45) is 1.76. The zero-order valence-electron chi connectivity index (χ0n) is 13.6. The molecule has 128 valence electrons. The number of hydrogen-bond donors (Lipinski definition) is 2. The van der Waals surface area contributed by atoms with Gasteiger partial charge in [0.05, 0.1) is 15.7 Å². The molecule has 7 heteroatoms. The van der Waals surface area contributed by atoms with Crippen LogP contribution in [0.15, 0.2) is 29.2 Å². The maximum atomic E-state index is 12.4. The van der Waals surface area contributed by atoms with Crippen LogP contribution in [-0.2, 0) is 14.6 Å². The predicted octanol–water partition coefficient (Wildman–Crippen LogP) is 2.24. The maximum Gasteiger partial charge on any atom is 0.326 e. The molecular formula is C16H23NO5S. The van der Waals surface area contributed by atoms with E-state index in [-0.39, 0.29) is 10.5 Å². The number of rotatable bonds is 8. The van der Waals surface area contributed by atoms with Gasteiger partial charge in [-0.3, -0.25) is 4.79 Å². The highest BCUT2D eigenvalue weighted by atomic mass is 32.2. The summed E-state index contributed by atoms with van der Waals surface area (Å²) >= 11 is 0. The second-order valence-corrected chi connectivity index (χ2v) is 8.07. The molecule has 1 aromatic carbocycles. The first kappa shape index (κ1) is 19.2. The average Bonchev–Trinajstić information content (AvgIpc) is 2.50. The largest absolute Gasteiger partial charge is 0.480 e. The van der Waals surface area contributed by atoms with Crippen molar-refractivity contribution in [3.05, 3.63) is 29.8 Å². The van der Waals surface area contributed by atoms with Crippen molar-refractivity contribution >= 4 is 21.7 Å². The van der Waals surface area contributed by atoms with E-state index in [0.29, 0.717) is 12.8 Å². The van der Waals surface area contributed by atoms with Gasteiger partial charge < -0.3 is 10.4 Å². The standard InChI is InChI=1S/C16H23NO5S/c1-4-5-9-13(16(19)20)17-15(18)12-8-6-7-10-14(12)23(21,22)11(2)3/h6-8,10-11,13H,4-5,9H2,1-3H3,(H,17,18)(H,19,20). The summed E-state index contributed by atoms with van der Waals surface area (Å²) in [6, 6.07) is 4.82. The van der Waals surface area contributed by atoms with Crippen LogP contribution in [0.2, 0.25) is 0 Å². The summed E-state index contributed by atoms with van der Waals surface area (Å²) in [5.41, 5.74) is -0.0241. The molecule has 6 nitrogen and oxygen atoms in total. The fourth-order valence-electron chi connectivity index (χ4n) is 2.06. The van der Waals surface area contributed by atoms with E-state index in [1.54, 1.807) is 6.07 Å². The minimum absolute atomic E-state index is 0.0241. The van der Waals surface area contributed by atoms with Crippen molar-refractivity contribution < 1.29 is 23.1 Å². The molecule has 0 bridgehead atoms. The number of sulfone groups is 1. The van der Waals surface area contributed by atoms with Gasteiger partial charge in [-0.1, -0.05) is 31.9 Å². The van der Waals surface area contributed by atoms with Crippen molar-refractivity contribution in [3.8, 4) is 0 Å². The number of benzene rings is 1. The number of carbonyl (C=O) groups is 2. The van der Waals surface area contributed by atoms with Gasteiger partial charge in [-0.2, -0.15) is 0 Å². The van der Waals surface area contributed by atoms with Gasteiger partial charge in [-0.15, -0.1) is 0 Å². The number of carbonyl (C=O) groups excluding carboxylic acids is 1. The molecule has 0 radical (unpaired) electrons. The van der Waals surface area contributed by atoms with Crippen LogP contribution < -0.4 is 5.32 Å². The first-order valence-electron chi connectivity index (χ1n) is 7.58. The minimum Gasteiger partial charge on any atom is -0.480 e. The SMILES string of the molecule is CCCCC(NC(=O)c1ccccc1S(=O)(=O)C(C)C)C(=O)O. The molecule has 0 aliphatic rings. The van der Waals surface area contributed by atoms with E-state index in [4.69, 9.17) is 0 Å². The lowest BCUT2D eigenvalue weighted by Crippen LogP contribution is -2.41. The fourth-order valence-corrected chi connectivity index (χ4v) is 3.30. The van der Waals surface area contributed by atoms with Crippen LogP contribution >= 0.6 is 0 Å². The van der Waals surface area contributed by atoms with E-state index >= 15 is 0 Å². The van der Waals surface area contributed by atoms with Gasteiger partial charge in [0.15, 0.2) is 9.84 Å². The molecule has 0 aliphatic carbocycles. The Hall–Kier alpha value is -1.89. The lowest BCUT2D eigenvalue weighted by atomic mass is 10.1. The number of aliphatic carboxylic acids is 1. The normalized spacial score (nSPS) is 12.9. The van der Waals surface area contributed by atoms with Crippen LogP contribution in [-0.4, -0.2) is 36.7 Å². The molecule has 0 fully saturated rings. The van der Waals surface area contributed by atoms with Crippen molar-refractivity contribution in [2.45, 2.75) is 56.2 Å². The number of hydrogen-bond acceptors (Lipinski definition) is 4. The molecule has 1 atom stereocenters. The molecule has 0 aromatic heterocycles. The van der Waals surface area contributed by atoms with Gasteiger partial charge in [0.2, 0.25) is 0 Å². The van der Waals surface area contributed by atoms with Crippen LogP contribution in [0.5, 0.6) is 0 Å². The lowest BCUT2D eigenvalue weighted by molar-refractivity contribution is -0.139. The molecule has 0 saturated heterocycles. The third kappa shape index (κ3) is 4.79. The van der Waals surface area contributed by atoms with Gasteiger partial charge in [0, 0.05) is 0 Å². The number of amides is 1. The summed E-state index contributed by atoms with van der Waals surface area (Å²) in [6.45, 7) is 4.99. The van der Waals surface area contributed by atoms with E-state index in [2.05, 4.69) is 5.32 Å². The van der Waals surface area contributed by atoms with Gasteiger partial charge in [0.1, 0.15) is 6.04 Å². The molecule has 2 N–H and O–H groups in total. The lowest BCUT2D eigenvalue weighted by Gasteiger charge is -2.16. The van der Waals surface area contributed by atoms with E-state index in [1.807, 2.05) is 6.92 Å². The Morgan fingerprint density at radius 2 is 1.83 bits per heavy atom. The molecule has 0 aliphatic heterocycles. The topological polar surface area (TPSA) is 101 Å². The smallest absolute Gasteiger partial charge is 0.326 e. The second kappa shape index (κ2) is 8.10. The zero-order valence-corrected chi connectivity index (χ0v) is 14.4. The van der Waals surface area contributed by atoms with Crippen LogP contribution in [0.25, 0.3) is 0 Å². The fraction of sp³-hybridized carbons (Fsp3) is 0.500. The average molecular weight is 341 g/mol. The number of carboxylic acid groups (broad SMARTS) is 1. The first-order chi connectivity index (χ1) is 10.7. The van der Waals surface area contributed by atoms with Crippen molar-refractivity contribution in [2.24, 2.45) is 0 Å². The Labute approximate surface area is 136 Å². The summed E-state index contributed by atoms with van der Waals surface area (Å²) in [5.74, 6) is -1.82. The van der Waals surface area contributed by atoms with Crippen LogP contribution in [0, 0.1) is 0 Å². The molecule has 23 heavy (non-hydrogen) atoms. The summed E-state index contributed by atoms with van der Waals surface area (Å²) < 4.78 is 24.7. The van der Waals surface area contributed by atoms with E-state index < -0.39 is 33.0 Å². The Morgan fingerprint density at radius 3 is 2.35 bits per heavy atom. The zero-order chi connectivity index (χ0) is 17.6. The Bertz CT molecular complexity index is 667. The summed E-state index contributed by atoms with van der Waals surface area (Å²) in [5, 5.41) is 10.9. The molecule has 0 heterocycles. The molecule has 1 unspecified atom stereocenters. The molecule has 1 amide bonds. The van der Waals surface area contributed by atoms with E-state index in [1.165, 1.54) is 32.0 Å². The molecule has 0 saturated carbocycles. The van der Waals surface area contributed by atoms with E-state index in [9.17, 15) is 23.1 Å². The van der Waals surface area contributed by atoms with Gasteiger partial charge >= 0.3 is 5.97 Å². The third-order valence-corrected chi connectivity index (χ3v) is 5.72. The number of unbranched alkanes of at least 4 members (excludes halogenated alkanes) is 1. The molecule has 1 aromatic rings. The monoisotopic (exact) mass is 341 g/mol. The quantitative estimate of drug-likeness (QED) is 0.755. The maximum absolute atomic E-state index is 12.4. The summed E-state index contributed by atoms with van der Waals surface area (Å²) in [4.78, 5) is 23.5. The van der Waals surface area contributed by atoms with Crippen LogP contribution in [0.3, 0.4) is 0 Å². The van der Waals surface area contributed by atoms with Crippen LogP contribution in [0.1, 0.15) is 50.4 Å². The first-order valence-corrected chi connectivity index (χ1v) is 9.13. The van der Waals surface area contributed by atoms with Crippen LogP contribution in [0.4, 0.5) is 0 Å². The minimum atomic E-state index is -3.63. The van der Waals surface area contributed by atoms with Gasteiger partial charge in [-0.25, -0.2) is 13.2 Å². The van der Waals surface area contributed by atoms with Gasteiger partial charge in [-0.05, 0) is 32.4 Å². The number of nitrogens with one attached hydrogen (secondary N) is 1. The number of carboxylic acids is 1. The molecule has 1 rings (SSSR count). The molecule has 0 spiro atoms. The highest BCUT2D eigenvalue weighted by molar-refractivity contribution is 7.92. The Kier molecular flexibility index (Phi) is 6.75. The highest BCUT2D eigenvalue weighted by Crippen LogP contribution is 2.20. The highest BCUT2D eigenvalue weighted by Gasteiger charge is 2.27. The second-order valence-electron chi connectivity index (χ2n) is 5.60. The predicted molar refractivity (Wildman–Crippen MR) is 87.2 cm³/mol. The third-order valence-electron chi connectivity index (χ3n) is 3.51. The Morgan fingerprint density at radius 1 is 1.22 bits per heavy atom.